The van der Waals surface area contributed by atoms with Crippen molar-refractivity contribution in [2.24, 2.45) is 0 Å². The molecule has 0 saturated heterocycles. The van der Waals surface area contributed by atoms with Gasteiger partial charge in [0.05, 0.1) is 5.69 Å². The van der Waals surface area contributed by atoms with Crippen molar-refractivity contribution in [1.29, 1.82) is 0 Å². The van der Waals surface area contributed by atoms with Crippen LogP contribution in [0.15, 0.2) is 6.20 Å². The lowest BCUT2D eigenvalue weighted by molar-refractivity contribution is 0.525. The Balaban J connectivity index is 0.000000461. The number of aryl methyl sites for hydroxylation is 2. The van der Waals surface area contributed by atoms with Crippen LogP contribution in [0.1, 0.15) is 57.8 Å². The van der Waals surface area contributed by atoms with Crippen LogP contribution >= 0.6 is 0 Å². The normalized spacial score (nSPS) is 14.6. The first-order valence-electron chi connectivity index (χ1n) is 5.84. The van der Waals surface area contributed by atoms with Gasteiger partial charge in [0.15, 0.2) is 0 Å². The summed E-state index contributed by atoms with van der Waals surface area (Å²) in [7, 11) is 0. The van der Waals surface area contributed by atoms with Crippen LogP contribution < -0.4 is 0 Å². The Morgan fingerprint density at radius 3 is 2.43 bits per heavy atom. The molecule has 0 amide bonds. The summed E-state index contributed by atoms with van der Waals surface area (Å²) >= 11 is 0. The largest absolute Gasteiger partial charge is 0.270 e. The van der Waals surface area contributed by atoms with E-state index in [0.29, 0.717) is 6.04 Å². The van der Waals surface area contributed by atoms with Crippen LogP contribution in [0.25, 0.3) is 0 Å². The van der Waals surface area contributed by atoms with Crippen molar-refractivity contribution in [1.82, 2.24) is 9.78 Å². The Hall–Kier alpha value is -0.790. The minimum absolute atomic E-state index is 0.510. The van der Waals surface area contributed by atoms with Gasteiger partial charge < -0.3 is 0 Å². The molecule has 0 saturated carbocycles. The van der Waals surface area contributed by atoms with E-state index in [-0.39, 0.29) is 0 Å². The molecule has 0 bridgehead atoms. The maximum absolute atomic E-state index is 4.57. The number of rotatable bonds is 1. The van der Waals surface area contributed by atoms with Gasteiger partial charge in [-0.25, -0.2) is 0 Å². The number of nitrogens with zero attached hydrogens (tertiary/aromatic N) is 2. The summed E-state index contributed by atoms with van der Waals surface area (Å²) in [5.41, 5.74) is 2.82. The Kier molecular flexibility index (Phi) is 4.18. The lowest BCUT2D eigenvalue weighted by Crippen LogP contribution is -2.02. The minimum Gasteiger partial charge on any atom is -0.270 e. The zero-order chi connectivity index (χ0) is 10.6. The third kappa shape index (κ3) is 2.37. The average molecular weight is 194 g/mol. The summed E-state index contributed by atoms with van der Waals surface area (Å²) in [5, 5.41) is 4.57. The molecule has 0 unspecified atom stereocenters. The first-order valence-corrected chi connectivity index (χ1v) is 5.84. The molecule has 0 atom stereocenters. The predicted octanol–water partition coefficient (Wildman–Crippen LogP) is 3.37. The van der Waals surface area contributed by atoms with Gasteiger partial charge in [0, 0.05) is 12.2 Å². The lowest BCUT2D eigenvalue weighted by atomic mass is 9.99. The van der Waals surface area contributed by atoms with Gasteiger partial charge in [-0.1, -0.05) is 13.8 Å². The molecular weight excluding hydrogens is 172 g/mol. The van der Waals surface area contributed by atoms with E-state index >= 15 is 0 Å². The van der Waals surface area contributed by atoms with Crippen LogP contribution in [-0.2, 0) is 12.8 Å². The lowest BCUT2D eigenvalue weighted by Gasteiger charge is -2.06. The first kappa shape index (κ1) is 11.3. The standard InChI is InChI=1S/C10H16N2.C2H6/c1-8(2)12-7-9-5-3-4-6-10(9)11-12;1-2/h7-8H,3-6H2,1-2H3;1-2H3. The molecule has 1 aromatic rings. The smallest absolute Gasteiger partial charge is 0.0656 e. The number of aromatic nitrogens is 2. The quantitative estimate of drug-likeness (QED) is 0.670. The Bertz CT molecular complexity index is 250. The summed E-state index contributed by atoms with van der Waals surface area (Å²) in [5.74, 6) is 0. The molecule has 2 heteroatoms. The van der Waals surface area contributed by atoms with Gasteiger partial charge in [0.2, 0.25) is 0 Å². The molecule has 1 heterocycles. The van der Waals surface area contributed by atoms with E-state index in [9.17, 15) is 0 Å². The second-order valence-electron chi connectivity index (χ2n) is 3.88. The van der Waals surface area contributed by atoms with Gasteiger partial charge in [-0.15, -0.1) is 0 Å². The zero-order valence-corrected chi connectivity index (χ0v) is 9.88. The van der Waals surface area contributed by atoms with Crippen LogP contribution in [-0.4, -0.2) is 9.78 Å². The molecule has 0 aliphatic heterocycles. The van der Waals surface area contributed by atoms with E-state index in [2.05, 4.69) is 29.8 Å². The molecule has 1 aromatic heterocycles. The van der Waals surface area contributed by atoms with Crippen LogP contribution in [0.2, 0.25) is 0 Å². The molecule has 14 heavy (non-hydrogen) atoms. The monoisotopic (exact) mass is 194 g/mol. The van der Waals surface area contributed by atoms with E-state index in [4.69, 9.17) is 0 Å². The highest BCUT2D eigenvalue weighted by molar-refractivity contribution is 5.19. The second kappa shape index (κ2) is 5.18. The molecule has 80 valence electrons. The SMILES string of the molecule is CC.CC(C)n1cc2c(n1)CCCC2. The highest BCUT2D eigenvalue weighted by Gasteiger charge is 2.13. The van der Waals surface area contributed by atoms with Crippen LogP contribution in [0.3, 0.4) is 0 Å². The maximum atomic E-state index is 4.57. The number of hydrogen-bond donors (Lipinski definition) is 0. The zero-order valence-electron chi connectivity index (χ0n) is 9.88. The maximum Gasteiger partial charge on any atom is 0.0656 e. The predicted molar refractivity (Wildman–Crippen MR) is 60.6 cm³/mol. The van der Waals surface area contributed by atoms with Crippen molar-refractivity contribution in [2.75, 3.05) is 0 Å². The van der Waals surface area contributed by atoms with Crippen LogP contribution in [0.4, 0.5) is 0 Å². The molecule has 0 N–H and O–H groups in total. The first-order chi connectivity index (χ1) is 6.77. The Morgan fingerprint density at radius 1 is 1.21 bits per heavy atom. The van der Waals surface area contributed by atoms with E-state index in [1.807, 2.05) is 13.8 Å². The highest BCUT2D eigenvalue weighted by Crippen LogP contribution is 2.20. The molecule has 0 radical (unpaired) electrons. The van der Waals surface area contributed by atoms with E-state index in [1.54, 1.807) is 0 Å². The molecule has 0 spiro atoms. The highest BCUT2D eigenvalue weighted by atomic mass is 15.3. The fourth-order valence-electron chi connectivity index (χ4n) is 1.76. The second-order valence-corrected chi connectivity index (χ2v) is 3.88. The van der Waals surface area contributed by atoms with Gasteiger partial charge >= 0.3 is 0 Å². The molecule has 1 aliphatic carbocycles. The molecule has 2 rings (SSSR count). The minimum atomic E-state index is 0.510. The fourth-order valence-corrected chi connectivity index (χ4v) is 1.76. The van der Waals surface area contributed by atoms with Gasteiger partial charge in [-0.05, 0) is 45.1 Å². The number of hydrogen-bond acceptors (Lipinski definition) is 1. The Labute approximate surface area is 87.3 Å². The molecule has 0 fully saturated rings. The third-order valence-corrected chi connectivity index (χ3v) is 2.53. The van der Waals surface area contributed by atoms with Crippen molar-refractivity contribution < 1.29 is 0 Å². The van der Waals surface area contributed by atoms with Gasteiger partial charge in [0.25, 0.3) is 0 Å². The van der Waals surface area contributed by atoms with Crippen molar-refractivity contribution in [3.63, 3.8) is 0 Å². The van der Waals surface area contributed by atoms with Crippen molar-refractivity contribution in [3.8, 4) is 0 Å². The average Bonchev–Trinajstić information content (AvgIpc) is 2.64. The van der Waals surface area contributed by atoms with Crippen LogP contribution in [0, 0.1) is 0 Å². The molecule has 1 aliphatic rings. The third-order valence-electron chi connectivity index (χ3n) is 2.53. The summed E-state index contributed by atoms with van der Waals surface area (Å²) in [4.78, 5) is 0. The topological polar surface area (TPSA) is 17.8 Å². The van der Waals surface area contributed by atoms with Gasteiger partial charge in [-0.2, -0.15) is 5.10 Å². The fraction of sp³-hybridized carbons (Fsp3) is 0.750. The summed E-state index contributed by atoms with van der Waals surface area (Å²) in [6.07, 6.45) is 7.31. The summed E-state index contributed by atoms with van der Waals surface area (Å²) in [6, 6.07) is 0.510. The summed E-state index contributed by atoms with van der Waals surface area (Å²) in [6.45, 7) is 8.36. The summed E-state index contributed by atoms with van der Waals surface area (Å²) < 4.78 is 2.09. The van der Waals surface area contributed by atoms with Crippen LogP contribution in [0.5, 0.6) is 0 Å². The molecule has 0 aromatic carbocycles. The van der Waals surface area contributed by atoms with E-state index < -0.39 is 0 Å². The van der Waals surface area contributed by atoms with Crippen molar-refractivity contribution in [3.05, 3.63) is 17.5 Å². The van der Waals surface area contributed by atoms with Gasteiger partial charge in [0.1, 0.15) is 0 Å². The molecule has 2 nitrogen and oxygen atoms in total. The van der Waals surface area contributed by atoms with Crippen molar-refractivity contribution in [2.45, 2.75) is 59.4 Å². The Morgan fingerprint density at radius 2 is 1.86 bits per heavy atom. The van der Waals surface area contributed by atoms with Gasteiger partial charge in [-0.3, -0.25) is 4.68 Å². The molecular formula is C12H22N2. The van der Waals surface area contributed by atoms with E-state index in [0.717, 1.165) is 0 Å². The van der Waals surface area contributed by atoms with Crippen molar-refractivity contribution >= 4 is 0 Å². The van der Waals surface area contributed by atoms with E-state index in [1.165, 1.54) is 36.9 Å². The number of fused-ring (bicyclic) bond motifs is 1.